The lowest BCUT2D eigenvalue weighted by atomic mass is 10.0. The summed E-state index contributed by atoms with van der Waals surface area (Å²) >= 11 is 0. The molecule has 3 N–H and O–H groups in total. The van der Waals surface area contributed by atoms with Gasteiger partial charge in [-0.1, -0.05) is 0 Å². The third-order valence-electron chi connectivity index (χ3n) is 13.2. The van der Waals surface area contributed by atoms with Crippen molar-refractivity contribution in [2.24, 2.45) is 5.73 Å². The highest BCUT2D eigenvalue weighted by atomic mass is 16.5. The Hall–Kier alpha value is -8.28. The Labute approximate surface area is 390 Å². The Morgan fingerprint density at radius 1 is 0.574 bits per heavy atom. The maximum atomic E-state index is 14.7. The molecule has 0 spiro atoms. The number of benzene rings is 4. The zero-order chi connectivity index (χ0) is 47.5. The fourth-order valence-corrected chi connectivity index (χ4v) is 9.83. The summed E-state index contributed by atoms with van der Waals surface area (Å²) in [6.07, 6.45) is 3.14. The van der Waals surface area contributed by atoms with E-state index in [1.807, 2.05) is 50.2 Å². The molecule has 346 valence electrons. The van der Waals surface area contributed by atoms with E-state index < -0.39 is 17.7 Å². The predicted octanol–water partition coefficient (Wildman–Crippen LogP) is 5.70. The van der Waals surface area contributed by atoms with Gasteiger partial charge in [-0.15, -0.1) is 0 Å². The van der Waals surface area contributed by atoms with Gasteiger partial charge in [0.2, 0.25) is 11.8 Å². The summed E-state index contributed by atoms with van der Waals surface area (Å²) in [5.41, 5.74) is 12.5. The van der Waals surface area contributed by atoms with Crippen molar-refractivity contribution in [2.45, 2.75) is 52.4 Å². The summed E-state index contributed by atoms with van der Waals surface area (Å²) in [4.78, 5) is 88.5. The average molecular weight is 917 g/mol. The molecular weight excluding hydrogens is 869 g/mol. The maximum Gasteiger partial charge on any atom is 0.277 e. The van der Waals surface area contributed by atoms with E-state index in [0.29, 0.717) is 66.3 Å². The molecule has 0 atom stereocenters. The first kappa shape index (κ1) is 43.6. The van der Waals surface area contributed by atoms with Gasteiger partial charge in [-0.3, -0.25) is 28.8 Å². The summed E-state index contributed by atoms with van der Waals surface area (Å²) in [7, 11) is 3.01. The minimum atomic E-state index is -0.809. The average Bonchev–Trinajstić information content (AvgIpc) is 4.15. The lowest BCUT2D eigenvalue weighted by molar-refractivity contribution is -0.117. The molecule has 18 nitrogen and oxygen atoms in total. The van der Waals surface area contributed by atoms with Gasteiger partial charge in [-0.05, 0) is 130 Å². The van der Waals surface area contributed by atoms with E-state index in [4.69, 9.17) is 20.3 Å². The summed E-state index contributed by atoms with van der Waals surface area (Å²) in [5, 5.41) is 12.3. The van der Waals surface area contributed by atoms with Crippen LogP contribution in [0.1, 0.15) is 89.9 Å². The minimum absolute atomic E-state index is 0.0367. The molecule has 6 heterocycles. The molecule has 0 aliphatic carbocycles. The number of nitrogens with one attached hydrogen (secondary N) is 1. The van der Waals surface area contributed by atoms with Crippen LogP contribution in [-0.4, -0.2) is 95.4 Å². The Morgan fingerprint density at radius 2 is 1.10 bits per heavy atom. The van der Waals surface area contributed by atoms with Crippen LogP contribution in [0.4, 0.5) is 28.4 Å². The number of methoxy groups -OCH3 is 2. The lowest BCUT2D eigenvalue weighted by Gasteiger charge is -2.30. The normalized spacial score (nSPS) is 15.8. The van der Waals surface area contributed by atoms with Crippen LogP contribution in [0.25, 0.3) is 11.4 Å². The lowest BCUT2D eigenvalue weighted by Crippen LogP contribution is -2.39. The van der Waals surface area contributed by atoms with Crippen molar-refractivity contribution in [1.82, 2.24) is 19.6 Å². The van der Waals surface area contributed by atoms with Crippen molar-refractivity contribution in [3.8, 4) is 22.9 Å². The molecule has 0 bridgehead atoms. The molecule has 18 heteroatoms. The number of fused-ring (bicyclic) bond motifs is 2. The van der Waals surface area contributed by atoms with E-state index in [-0.39, 0.29) is 77.1 Å². The maximum absolute atomic E-state index is 14.7. The summed E-state index contributed by atoms with van der Waals surface area (Å²) in [6.45, 7) is 5.57. The Bertz CT molecular complexity index is 3120. The number of carbonyl (C=O) groups excluding carboxylic acids is 6. The van der Waals surface area contributed by atoms with E-state index in [9.17, 15) is 28.8 Å². The van der Waals surface area contributed by atoms with Crippen LogP contribution in [0.15, 0.2) is 78.9 Å². The van der Waals surface area contributed by atoms with Crippen LogP contribution in [0.3, 0.4) is 0 Å². The fraction of sp³-hybridized carbons (Fsp3) is 0.280. The largest absolute Gasteiger partial charge is 0.497 e. The van der Waals surface area contributed by atoms with Crippen molar-refractivity contribution in [3.05, 3.63) is 124 Å². The number of hydrogen-bond donors (Lipinski definition) is 2. The second-order valence-corrected chi connectivity index (χ2v) is 17.2. The number of hydrogen-bond acceptors (Lipinski definition) is 10. The van der Waals surface area contributed by atoms with Gasteiger partial charge in [-0.25, -0.2) is 9.36 Å². The van der Waals surface area contributed by atoms with Crippen molar-refractivity contribution in [1.29, 1.82) is 0 Å². The molecule has 4 aliphatic heterocycles. The molecule has 2 aromatic heterocycles. The number of nitrogens with two attached hydrogens (primary N) is 1. The van der Waals surface area contributed by atoms with Gasteiger partial charge in [0.1, 0.15) is 28.6 Å². The number of rotatable bonds is 11. The van der Waals surface area contributed by atoms with Crippen molar-refractivity contribution in [3.63, 3.8) is 0 Å². The summed E-state index contributed by atoms with van der Waals surface area (Å²) < 4.78 is 14.0. The smallest absolute Gasteiger partial charge is 0.277 e. The number of anilines is 5. The van der Waals surface area contributed by atoms with Gasteiger partial charge in [-0.2, -0.15) is 10.2 Å². The standard InChI is InChI=1S/C50H48N10O8/c1-28-25-32(55-21-5-7-41(55)61)12-16-37(28)57-24-20-36-44(54-59(45(36)49(57)65)31-10-14-34(67-3)15-11-31)48(64)52-30-9-18-40(68-4)39(27-30)60-46-35(43(53-60)47(51)63)19-23-58(50(46)66)38-17-13-33(26-29(38)2)56-22-6-8-42(56)62/h9-18,25-27H,5-8,19-24H2,1-4H3,(H2,51,63)(H,52,64). The van der Waals surface area contributed by atoms with Gasteiger partial charge in [0, 0.05) is 78.6 Å². The van der Waals surface area contributed by atoms with Gasteiger partial charge < -0.3 is 40.1 Å². The molecule has 6 aromatic rings. The first-order chi connectivity index (χ1) is 32.8. The molecule has 4 aliphatic rings. The van der Waals surface area contributed by atoms with E-state index in [0.717, 1.165) is 35.3 Å². The molecular formula is C50H48N10O8. The van der Waals surface area contributed by atoms with Crippen molar-refractivity contribution >= 4 is 63.9 Å². The molecule has 0 unspecified atom stereocenters. The number of amides is 6. The molecule has 6 amide bonds. The van der Waals surface area contributed by atoms with Gasteiger partial charge in [0.15, 0.2) is 11.4 Å². The van der Waals surface area contributed by atoms with E-state index in [1.54, 1.807) is 69.2 Å². The van der Waals surface area contributed by atoms with E-state index in [2.05, 4.69) is 10.4 Å². The minimum Gasteiger partial charge on any atom is -0.497 e. The highest BCUT2D eigenvalue weighted by molar-refractivity contribution is 6.13. The zero-order valence-electron chi connectivity index (χ0n) is 38.0. The summed E-state index contributed by atoms with van der Waals surface area (Å²) in [6, 6.07) is 23.0. The van der Waals surface area contributed by atoms with Gasteiger partial charge in [0.05, 0.1) is 19.9 Å². The molecule has 2 saturated heterocycles. The summed E-state index contributed by atoms with van der Waals surface area (Å²) in [5.74, 6) is -1.18. The second-order valence-electron chi connectivity index (χ2n) is 17.2. The third-order valence-corrected chi connectivity index (χ3v) is 13.2. The highest BCUT2D eigenvalue weighted by Crippen LogP contribution is 2.37. The number of aryl methyl sites for hydroxylation is 2. The van der Waals surface area contributed by atoms with Crippen LogP contribution < -0.4 is 40.1 Å². The van der Waals surface area contributed by atoms with Crippen LogP contribution in [0.5, 0.6) is 11.5 Å². The zero-order valence-corrected chi connectivity index (χ0v) is 38.0. The number of carbonyl (C=O) groups is 6. The molecule has 10 rings (SSSR count). The Balaban J connectivity index is 0.986. The number of aromatic nitrogens is 4. The quantitative estimate of drug-likeness (QED) is 0.162. The van der Waals surface area contributed by atoms with Crippen LogP contribution in [0.2, 0.25) is 0 Å². The third kappa shape index (κ3) is 7.37. The fourth-order valence-electron chi connectivity index (χ4n) is 9.83. The molecule has 0 radical (unpaired) electrons. The highest BCUT2D eigenvalue weighted by Gasteiger charge is 2.38. The van der Waals surface area contributed by atoms with E-state index in [1.165, 1.54) is 16.5 Å². The predicted molar refractivity (Wildman–Crippen MR) is 253 cm³/mol. The topological polar surface area (TPSA) is 208 Å². The van der Waals surface area contributed by atoms with E-state index >= 15 is 0 Å². The molecule has 4 aromatic carbocycles. The van der Waals surface area contributed by atoms with Crippen molar-refractivity contribution in [2.75, 3.05) is 65.3 Å². The van der Waals surface area contributed by atoms with Crippen LogP contribution >= 0.6 is 0 Å². The monoisotopic (exact) mass is 916 g/mol. The first-order valence-electron chi connectivity index (χ1n) is 22.5. The van der Waals surface area contributed by atoms with Crippen LogP contribution in [-0.2, 0) is 22.4 Å². The van der Waals surface area contributed by atoms with Crippen LogP contribution in [0, 0.1) is 13.8 Å². The Morgan fingerprint density at radius 3 is 1.60 bits per heavy atom. The SMILES string of the molecule is COc1ccc(-n2nc(C(=O)Nc3ccc(OC)c(-n4nc(C(N)=O)c5c4C(=O)N(c4ccc(N6CCCC6=O)cc4C)CC5)c3)c3c2C(=O)N(c2ccc(N4CCCC4=O)cc2C)CC3)cc1. The number of primary amides is 1. The van der Waals surface area contributed by atoms with Gasteiger partial charge in [0.25, 0.3) is 23.6 Å². The first-order valence-corrected chi connectivity index (χ1v) is 22.5. The van der Waals surface area contributed by atoms with Gasteiger partial charge >= 0.3 is 0 Å². The van der Waals surface area contributed by atoms with Crippen molar-refractivity contribution < 1.29 is 38.2 Å². The molecule has 0 saturated carbocycles. The Kier molecular flexibility index (Phi) is 11.0. The number of ether oxygens (including phenoxy) is 2. The number of nitrogens with zero attached hydrogens (tertiary/aromatic N) is 8. The molecule has 2 fully saturated rings. The second kappa shape index (κ2) is 17.2. The molecule has 68 heavy (non-hydrogen) atoms.